The summed E-state index contributed by atoms with van der Waals surface area (Å²) in [5.74, 6) is 1.53. The van der Waals surface area contributed by atoms with Crippen molar-refractivity contribution in [2.24, 2.45) is 11.8 Å². The summed E-state index contributed by atoms with van der Waals surface area (Å²) < 4.78 is 0. The van der Waals surface area contributed by atoms with Crippen molar-refractivity contribution in [1.29, 1.82) is 0 Å². The Balaban J connectivity index is 1.77. The highest BCUT2D eigenvalue weighted by molar-refractivity contribution is 5.79. The van der Waals surface area contributed by atoms with E-state index in [9.17, 15) is 4.79 Å². The molecule has 0 unspecified atom stereocenters. The molecule has 2 fully saturated rings. The van der Waals surface area contributed by atoms with Crippen molar-refractivity contribution in [3.8, 4) is 0 Å². The molecule has 3 nitrogen and oxygen atoms in total. The molecule has 0 aromatic carbocycles. The lowest BCUT2D eigenvalue weighted by Crippen LogP contribution is -2.46. The van der Waals surface area contributed by atoms with E-state index in [1.807, 2.05) is 0 Å². The SMILES string of the molecule is CCCC1CCN(C(=O)[C@H]2CCCNC2)CC1. The van der Waals surface area contributed by atoms with Gasteiger partial charge in [0, 0.05) is 19.6 Å². The third-order valence-electron chi connectivity index (χ3n) is 4.27. The van der Waals surface area contributed by atoms with Crippen LogP contribution in [0.3, 0.4) is 0 Å². The summed E-state index contributed by atoms with van der Waals surface area (Å²) in [4.78, 5) is 14.4. The summed E-state index contributed by atoms with van der Waals surface area (Å²) in [7, 11) is 0. The van der Waals surface area contributed by atoms with Crippen LogP contribution in [0.1, 0.15) is 45.4 Å². The van der Waals surface area contributed by atoms with E-state index in [-0.39, 0.29) is 5.92 Å². The molecule has 1 amide bonds. The Hall–Kier alpha value is -0.570. The first-order valence-electron chi connectivity index (χ1n) is 7.30. The highest BCUT2D eigenvalue weighted by atomic mass is 16.2. The minimum Gasteiger partial charge on any atom is -0.342 e. The maximum Gasteiger partial charge on any atom is 0.226 e. The molecule has 17 heavy (non-hydrogen) atoms. The van der Waals surface area contributed by atoms with Crippen molar-refractivity contribution in [2.45, 2.75) is 45.4 Å². The summed E-state index contributed by atoms with van der Waals surface area (Å²) in [5, 5.41) is 3.34. The van der Waals surface area contributed by atoms with Crippen LogP contribution in [0.2, 0.25) is 0 Å². The maximum atomic E-state index is 12.3. The van der Waals surface area contributed by atoms with Crippen LogP contribution in [-0.4, -0.2) is 37.0 Å². The fourth-order valence-electron chi connectivity index (χ4n) is 3.17. The Morgan fingerprint density at radius 1 is 1.29 bits per heavy atom. The first kappa shape index (κ1) is 12.9. The van der Waals surface area contributed by atoms with E-state index >= 15 is 0 Å². The van der Waals surface area contributed by atoms with E-state index in [2.05, 4.69) is 17.1 Å². The molecule has 2 heterocycles. The number of carbonyl (C=O) groups excluding carboxylic acids is 1. The second-order valence-corrected chi connectivity index (χ2v) is 5.60. The summed E-state index contributed by atoms with van der Waals surface area (Å²) in [6.07, 6.45) is 7.31. The molecule has 0 saturated carbocycles. The summed E-state index contributed by atoms with van der Waals surface area (Å²) in [5.41, 5.74) is 0. The van der Waals surface area contributed by atoms with Crippen LogP contribution in [0.15, 0.2) is 0 Å². The minimum atomic E-state index is 0.256. The predicted octanol–water partition coefficient (Wildman–Crippen LogP) is 2.02. The molecule has 0 spiro atoms. The average Bonchev–Trinajstić information content (AvgIpc) is 2.40. The largest absolute Gasteiger partial charge is 0.342 e. The number of rotatable bonds is 3. The monoisotopic (exact) mass is 238 g/mol. The molecule has 1 N–H and O–H groups in total. The Morgan fingerprint density at radius 3 is 2.65 bits per heavy atom. The van der Waals surface area contributed by atoms with Gasteiger partial charge in [0.15, 0.2) is 0 Å². The number of piperidine rings is 2. The molecular weight excluding hydrogens is 212 g/mol. The van der Waals surface area contributed by atoms with Crippen molar-refractivity contribution < 1.29 is 4.79 Å². The van der Waals surface area contributed by atoms with Crippen LogP contribution in [0.25, 0.3) is 0 Å². The normalized spacial score (nSPS) is 27.1. The van der Waals surface area contributed by atoms with E-state index in [0.717, 1.165) is 44.9 Å². The van der Waals surface area contributed by atoms with Gasteiger partial charge in [0.1, 0.15) is 0 Å². The Morgan fingerprint density at radius 2 is 2.06 bits per heavy atom. The molecule has 0 radical (unpaired) electrons. The first-order chi connectivity index (χ1) is 8.31. The summed E-state index contributed by atoms with van der Waals surface area (Å²) >= 11 is 0. The van der Waals surface area contributed by atoms with Gasteiger partial charge < -0.3 is 10.2 Å². The molecule has 0 aliphatic carbocycles. The van der Waals surface area contributed by atoms with Gasteiger partial charge in [0.2, 0.25) is 5.91 Å². The van der Waals surface area contributed by atoms with E-state index in [1.165, 1.54) is 25.7 Å². The average molecular weight is 238 g/mol. The van der Waals surface area contributed by atoms with Gasteiger partial charge in [-0.25, -0.2) is 0 Å². The predicted molar refractivity (Wildman–Crippen MR) is 69.8 cm³/mol. The van der Waals surface area contributed by atoms with Gasteiger partial charge in [-0.15, -0.1) is 0 Å². The van der Waals surface area contributed by atoms with Crippen molar-refractivity contribution in [2.75, 3.05) is 26.2 Å². The molecule has 0 bridgehead atoms. The van der Waals surface area contributed by atoms with Gasteiger partial charge in [-0.1, -0.05) is 19.8 Å². The Kier molecular flexibility index (Phi) is 4.84. The quantitative estimate of drug-likeness (QED) is 0.816. The zero-order chi connectivity index (χ0) is 12.1. The van der Waals surface area contributed by atoms with E-state index in [0.29, 0.717) is 5.91 Å². The molecule has 2 aliphatic heterocycles. The number of nitrogens with one attached hydrogen (secondary N) is 1. The van der Waals surface area contributed by atoms with E-state index in [4.69, 9.17) is 0 Å². The van der Waals surface area contributed by atoms with Crippen LogP contribution in [0, 0.1) is 11.8 Å². The van der Waals surface area contributed by atoms with E-state index in [1.54, 1.807) is 0 Å². The molecule has 98 valence electrons. The highest BCUT2D eigenvalue weighted by Crippen LogP contribution is 2.23. The van der Waals surface area contributed by atoms with Crippen LogP contribution in [0.4, 0.5) is 0 Å². The topological polar surface area (TPSA) is 32.3 Å². The zero-order valence-electron chi connectivity index (χ0n) is 11.1. The zero-order valence-corrected chi connectivity index (χ0v) is 11.1. The number of carbonyl (C=O) groups is 1. The second-order valence-electron chi connectivity index (χ2n) is 5.60. The van der Waals surface area contributed by atoms with Gasteiger partial charge in [-0.2, -0.15) is 0 Å². The fourth-order valence-corrected chi connectivity index (χ4v) is 3.17. The third-order valence-corrected chi connectivity index (χ3v) is 4.27. The van der Waals surface area contributed by atoms with Crippen LogP contribution < -0.4 is 5.32 Å². The van der Waals surface area contributed by atoms with Crippen molar-refractivity contribution >= 4 is 5.91 Å². The first-order valence-corrected chi connectivity index (χ1v) is 7.30. The van der Waals surface area contributed by atoms with E-state index < -0.39 is 0 Å². The number of hydrogen-bond acceptors (Lipinski definition) is 2. The smallest absolute Gasteiger partial charge is 0.226 e. The van der Waals surface area contributed by atoms with Crippen molar-refractivity contribution in [3.05, 3.63) is 0 Å². The van der Waals surface area contributed by atoms with Crippen LogP contribution >= 0.6 is 0 Å². The molecule has 0 aromatic heterocycles. The molecule has 2 rings (SSSR count). The maximum absolute atomic E-state index is 12.3. The molecule has 3 heteroatoms. The molecule has 1 atom stereocenters. The number of likely N-dealkylation sites (tertiary alicyclic amines) is 1. The minimum absolute atomic E-state index is 0.256. The van der Waals surface area contributed by atoms with Crippen LogP contribution in [0.5, 0.6) is 0 Å². The Labute approximate surface area is 105 Å². The molecule has 2 saturated heterocycles. The van der Waals surface area contributed by atoms with Crippen LogP contribution in [-0.2, 0) is 4.79 Å². The number of nitrogens with zero attached hydrogens (tertiary/aromatic N) is 1. The standard InChI is InChI=1S/C14H26N2O/c1-2-4-12-6-9-16(10-7-12)14(17)13-5-3-8-15-11-13/h12-13,15H,2-11H2,1H3/t13-/m0/s1. The summed E-state index contributed by atoms with van der Waals surface area (Å²) in [6, 6.07) is 0. The Bertz CT molecular complexity index is 241. The molecular formula is C14H26N2O. The highest BCUT2D eigenvalue weighted by Gasteiger charge is 2.28. The second kappa shape index (κ2) is 6.39. The summed E-state index contributed by atoms with van der Waals surface area (Å²) in [6.45, 7) is 6.24. The lowest BCUT2D eigenvalue weighted by atomic mass is 9.91. The lowest BCUT2D eigenvalue weighted by Gasteiger charge is -2.35. The lowest BCUT2D eigenvalue weighted by molar-refractivity contribution is -0.137. The van der Waals surface area contributed by atoms with Crippen molar-refractivity contribution in [1.82, 2.24) is 10.2 Å². The molecule has 2 aliphatic rings. The van der Waals surface area contributed by atoms with Gasteiger partial charge in [0.25, 0.3) is 0 Å². The number of amides is 1. The fraction of sp³-hybridized carbons (Fsp3) is 0.929. The van der Waals surface area contributed by atoms with Gasteiger partial charge in [0.05, 0.1) is 5.92 Å². The third kappa shape index (κ3) is 3.44. The van der Waals surface area contributed by atoms with Gasteiger partial charge in [-0.05, 0) is 38.1 Å². The number of hydrogen-bond donors (Lipinski definition) is 1. The van der Waals surface area contributed by atoms with Crippen molar-refractivity contribution in [3.63, 3.8) is 0 Å². The van der Waals surface area contributed by atoms with Gasteiger partial charge >= 0.3 is 0 Å². The molecule has 0 aromatic rings. The van der Waals surface area contributed by atoms with Gasteiger partial charge in [-0.3, -0.25) is 4.79 Å².